The summed E-state index contributed by atoms with van der Waals surface area (Å²) in [6.45, 7) is 0.180. The Kier molecular flexibility index (Phi) is 11.3. The monoisotopic (exact) mass is 550 g/mol. The molecule has 5 N–H and O–H groups in total. The first kappa shape index (κ1) is 29.2. The maximum atomic E-state index is 12.4. The minimum Gasteiger partial charge on any atom is -0.481 e. The van der Waals surface area contributed by atoms with Crippen molar-refractivity contribution in [2.75, 3.05) is 19.6 Å². The van der Waals surface area contributed by atoms with Gasteiger partial charge >= 0.3 is 12.0 Å². The molecule has 1 atom stereocenters. The van der Waals surface area contributed by atoms with E-state index in [1.54, 1.807) is 18.2 Å². The predicted octanol–water partition coefficient (Wildman–Crippen LogP) is 3.69. The van der Waals surface area contributed by atoms with Gasteiger partial charge in [-0.1, -0.05) is 78.3 Å². The maximum absolute atomic E-state index is 12.4. The number of hydrogen-bond donors (Lipinski definition) is 5. The lowest BCUT2D eigenvalue weighted by molar-refractivity contribution is -0.138. The van der Waals surface area contributed by atoms with Crippen molar-refractivity contribution in [2.24, 2.45) is 0 Å². The van der Waals surface area contributed by atoms with Gasteiger partial charge in [-0.15, -0.1) is 0 Å². The van der Waals surface area contributed by atoms with Gasteiger partial charge in [0.15, 0.2) is 0 Å². The number of nitrogens with one attached hydrogen (secondary N) is 4. The van der Waals surface area contributed by atoms with Crippen LogP contribution in [0, 0.1) is 0 Å². The second kappa shape index (κ2) is 15.1. The summed E-state index contributed by atoms with van der Waals surface area (Å²) >= 11 is 5.94. The fourth-order valence-corrected chi connectivity index (χ4v) is 4.06. The van der Waals surface area contributed by atoms with Crippen LogP contribution in [0.1, 0.15) is 30.0 Å². The molecule has 0 spiro atoms. The lowest BCUT2D eigenvalue weighted by atomic mass is 9.99. The maximum Gasteiger partial charge on any atom is 0.314 e. The number of benzene rings is 3. The van der Waals surface area contributed by atoms with Gasteiger partial charge in [0, 0.05) is 24.5 Å². The van der Waals surface area contributed by atoms with Gasteiger partial charge in [-0.05, 0) is 40.8 Å². The number of carbonyl (C=O) groups is 4. The number of hydrogen-bond acceptors (Lipinski definition) is 4. The molecule has 0 heterocycles. The molecule has 0 radical (unpaired) electrons. The van der Waals surface area contributed by atoms with Crippen molar-refractivity contribution < 1.29 is 24.3 Å². The number of halogens is 1. The molecule has 0 aliphatic carbocycles. The molecule has 39 heavy (non-hydrogen) atoms. The molecule has 3 rings (SSSR count). The van der Waals surface area contributed by atoms with Gasteiger partial charge in [-0.25, -0.2) is 4.79 Å². The first-order valence-electron chi connectivity index (χ1n) is 12.5. The number of carboxylic acids is 1. The van der Waals surface area contributed by atoms with Gasteiger partial charge in [-0.2, -0.15) is 0 Å². The highest BCUT2D eigenvalue weighted by Gasteiger charge is 2.18. The van der Waals surface area contributed by atoms with E-state index in [4.69, 9.17) is 11.6 Å². The third kappa shape index (κ3) is 10.5. The molecule has 4 amide bonds. The fourth-order valence-electron chi connectivity index (χ4n) is 3.84. The summed E-state index contributed by atoms with van der Waals surface area (Å²) in [4.78, 5) is 47.8. The van der Waals surface area contributed by atoms with E-state index in [9.17, 15) is 24.3 Å². The molecular formula is C29H31ClN4O5. The van der Waals surface area contributed by atoms with Crippen molar-refractivity contribution >= 4 is 35.4 Å². The van der Waals surface area contributed by atoms with Crippen molar-refractivity contribution in [3.05, 3.63) is 95.0 Å². The lowest BCUT2D eigenvalue weighted by Crippen LogP contribution is -2.41. The van der Waals surface area contributed by atoms with Crippen LogP contribution in [0.3, 0.4) is 0 Å². The second-order valence-corrected chi connectivity index (χ2v) is 9.23. The fraction of sp³-hybridized carbons (Fsp3) is 0.241. The zero-order valence-corrected chi connectivity index (χ0v) is 22.0. The highest BCUT2D eigenvalue weighted by Crippen LogP contribution is 2.23. The Morgan fingerprint density at radius 1 is 0.769 bits per heavy atom. The Morgan fingerprint density at radius 2 is 1.46 bits per heavy atom. The van der Waals surface area contributed by atoms with Gasteiger partial charge < -0.3 is 26.4 Å². The van der Waals surface area contributed by atoms with Crippen LogP contribution in [-0.2, 0) is 20.8 Å². The average molecular weight is 551 g/mol. The molecule has 0 aromatic heterocycles. The second-order valence-electron chi connectivity index (χ2n) is 8.80. The molecule has 0 saturated carbocycles. The van der Waals surface area contributed by atoms with Crippen LogP contribution in [0.4, 0.5) is 4.79 Å². The van der Waals surface area contributed by atoms with Gasteiger partial charge in [0.2, 0.25) is 11.8 Å². The molecule has 10 heteroatoms. The Morgan fingerprint density at radius 3 is 2.15 bits per heavy atom. The first-order chi connectivity index (χ1) is 18.8. The minimum absolute atomic E-state index is 0.0193. The molecule has 9 nitrogen and oxygen atoms in total. The van der Waals surface area contributed by atoms with E-state index in [2.05, 4.69) is 21.3 Å². The van der Waals surface area contributed by atoms with E-state index in [1.165, 1.54) is 0 Å². The zero-order chi connectivity index (χ0) is 28.0. The standard InChI is InChI=1S/C29H31ClN4O5/c30-24-8-4-5-20(17-24)13-15-31-29(39)32-16-14-26(35)33-19-27(36)34-25(18-28(37)38)23-11-9-22(10-12-23)21-6-2-1-3-7-21/h1-12,17,25H,13-16,18-19H2,(H,33,35)(H,34,36)(H,37,38)(H2,31,32,39). The summed E-state index contributed by atoms with van der Waals surface area (Å²) in [7, 11) is 0. The summed E-state index contributed by atoms with van der Waals surface area (Å²) in [6.07, 6.45) is 0.291. The number of carbonyl (C=O) groups excluding carboxylic acids is 3. The average Bonchev–Trinajstić information content (AvgIpc) is 2.92. The molecule has 3 aromatic carbocycles. The van der Waals surface area contributed by atoms with E-state index in [-0.39, 0.29) is 25.9 Å². The van der Waals surface area contributed by atoms with E-state index in [1.807, 2.05) is 60.7 Å². The number of urea groups is 1. The van der Waals surface area contributed by atoms with Crippen molar-refractivity contribution in [3.8, 4) is 11.1 Å². The summed E-state index contributed by atoms with van der Waals surface area (Å²) in [5, 5.41) is 20.4. The van der Waals surface area contributed by atoms with Crippen LogP contribution in [-0.4, -0.2) is 48.6 Å². The Bertz CT molecular complexity index is 1270. The number of amides is 4. The lowest BCUT2D eigenvalue weighted by Gasteiger charge is -2.18. The van der Waals surface area contributed by atoms with Crippen LogP contribution < -0.4 is 21.3 Å². The molecule has 0 aliphatic heterocycles. The molecule has 0 aliphatic rings. The molecule has 204 valence electrons. The predicted molar refractivity (Wildman–Crippen MR) is 149 cm³/mol. The van der Waals surface area contributed by atoms with Crippen LogP contribution >= 0.6 is 11.6 Å². The van der Waals surface area contributed by atoms with E-state index >= 15 is 0 Å². The van der Waals surface area contributed by atoms with Gasteiger partial charge in [-0.3, -0.25) is 14.4 Å². The molecule has 0 bridgehead atoms. The van der Waals surface area contributed by atoms with Crippen LogP contribution in [0.2, 0.25) is 5.02 Å². The van der Waals surface area contributed by atoms with Crippen molar-refractivity contribution in [3.63, 3.8) is 0 Å². The molecular weight excluding hydrogens is 520 g/mol. The largest absolute Gasteiger partial charge is 0.481 e. The van der Waals surface area contributed by atoms with E-state index in [0.717, 1.165) is 16.7 Å². The summed E-state index contributed by atoms with van der Waals surface area (Å²) in [6, 6.07) is 23.2. The summed E-state index contributed by atoms with van der Waals surface area (Å²) in [5.41, 5.74) is 3.63. The smallest absolute Gasteiger partial charge is 0.314 e. The van der Waals surface area contributed by atoms with Gasteiger partial charge in [0.25, 0.3) is 0 Å². The van der Waals surface area contributed by atoms with Crippen LogP contribution in [0.25, 0.3) is 11.1 Å². The van der Waals surface area contributed by atoms with Crippen molar-refractivity contribution in [2.45, 2.75) is 25.3 Å². The number of rotatable bonds is 13. The SMILES string of the molecule is O=C(O)CC(NC(=O)CNC(=O)CCNC(=O)NCCc1cccc(Cl)c1)c1ccc(-c2ccccc2)cc1. The highest BCUT2D eigenvalue weighted by atomic mass is 35.5. The zero-order valence-electron chi connectivity index (χ0n) is 21.3. The Balaban J connectivity index is 1.38. The van der Waals surface area contributed by atoms with Crippen LogP contribution in [0.5, 0.6) is 0 Å². The Labute approximate surface area is 232 Å². The third-order valence-corrected chi connectivity index (χ3v) is 6.04. The normalized spacial score (nSPS) is 11.2. The summed E-state index contributed by atoms with van der Waals surface area (Å²) < 4.78 is 0. The topological polar surface area (TPSA) is 137 Å². The molecule has 0 saturated heterocycles. The Hall–Kier alpha value is -4.37. The highest BCUT2D eigenvalue weighted by molar-refractivity contribution is 6.30. The van der Waals surface area contributed by atoms with Gasteiger partial charge in [0.05, 0.1) is 19.0 Å². The number of carboxylic acid groups (broad SMARTS) is 1. The van der Waals surface area contributed by atoms with E-state index in [0.29, 0.717) is 23.6 Å². The molecule has 0 fully saturated rings. The quantitative estimate of drug-likeness (QED) is 0.221. The minimum atomic E-state index is -1.06. The molecule has 1 unspecified atom stereocenters. The van der Waals surface area contributed by atoms with Gasteiger partial charge in [0.1, 0.15) is 0 Å². The number of aliphatic carboxylic acids is 1. The summed E-state index contributed by atoms with van der Waals surface area (Å²) in [5.74, 6) is -2.01. The molecule has 3 aromatic rings. The van der Waals surface area contributed by atoms with Crippen LogP contribution in [0.15, 0.2) is 78.9 Å². The van der Waals surface area contributed by atoms with E-state index < -0.39 is 29.9 Å². The van der Waals surface area contributed by atoms with Crippen molar-refractivity contribution in [1.82, 2.24) is 21.3 Å². The first-order valence-corrected chi connectivity index (χ1v) is 12.9. The van der Waals surface area contributed by atoms with Crippen molar-refractivity contribution in [1.29, 1.82) is 0 Å². The third-order valence-electron chi connectivity index (χ3n) is 5.81.